The van der Waals surface area contributed by atoms with E-state index >= 15 is 0 Å². The summed E-state index contributed by atoms with van der Waals surface area (Å²) in [6.07, 6.45) is 46.4. The van der Waals surface area contributed by atoms with E-state index in [1.807, 2.05) is 21.1 Å². The zero-order valence-electron chi connectivity index (χ0n) is 39.8. The number of esters is 2. The number of quaternary nitrogens is 1. The Kier molecular flexibility index (Phi) is 36.2. The fourth-order valence-corrected chi connectivity index (χ4v) is 7.77. The number of rotatable bonds is 44. The molecule has 61 heavy (non-hydrogen) atoms. The molecule has 10 nitrogen and oxygen atoms in total. The number of carbonyl (C=O) groups is 2. The van der Waals surface area contributed by atoms with Gasteiger partial charge < -0.3 is 32.6 Å². The van der Waals surface area contributed by atoms with Gasteiger partial charge in [0.15, 0.2) is 6.10 Å². The second kappa shape index (κ2) is 38.6. The van der Waals surface area contributed by atoms with E-state index in [0.717, 1.165) is 51.4 Å². The number of nitrogens with zero attached hydrogens (tertiary/aromatic N) is 1. The van der Waals surface area contributed by atoms with Gasteiger partial charge in [-0.25, -0.2) is 0 Å². The summed E-state index contributed by atoms with van der Waals surface area (Å²) in [5.41, 5.74) is 0. The molecule has 0 spiro atoms. The quantitative estimate of drug-likeness (QED) is 0.0147. The van der Waals surface area contributed by atoms with E-state index < -0.39 is 32.5 Å². The molecule has 1 heterocycles. The fraction of sp³-hybridized carbons (Fsp3) is 0.840. The van der Waals surface area contributed by atoms with E-state index in [0.29, 0.717) is 36.1 Å². The molecule has 356 valence electrons. The van der Waals surface area contributed by atoms with Gasteiger partial charge in [0, 0.05) is 12.8 Å². The van der Waals surface area contributed by atoms with Crippen LogP contribution in [-0.4, -0.2) is 82.2 Å². The Balaban J connectivity index is 2.26. The lowest BCUT2D eigenvalue weighted by molar-refractivity contribution is -0.870. The summed E-state index contributed by atoms with van der Waals surface area (Å²) in [4.78, 5) is 37.7. The van der Waals surface area contributed by atoms with Gasteiger partial charge >= 0.3 is 11.9 Å². The Hall–Kier alpha value is -1.81. The van der Waals surface area contributed by atoms with E-state index in [2.05, 4.69) is 50.3 Å². The number of carbonyl (C=O) groups excluding carboxylic acids is 2. The molecule has 0 radical (unpaired) electrons. The van der Waals surface area contributed by atoms with Crippen LogP contribution in [0.25, 0.3) is 0 Å². The molecular weight excluding hydrogens is 790 g/mol. The van der Waals surface area contributed by atoms with Crippen LogP contribution >= 0.6 is 7.82 Å². The van der Waals surface area contributed by atoms with Crippen LogP contribution in [0.1, 0.15) is 206 Å². The molecule has 3 unspecified atom stereocenters. The van der Waals surface area contributed by atoms with Gasteiger partial charge in [-0.15, -0.1) is 0 Å². The minimum absolute atomic E-state index is 0.0406. The number of hydrogen-bond donors (Lipinski definition) is 0. The molecule has 0 aromatic heterocycles. The lowest BCUT2D eigenvalue weighted by atomic mass is 10.0. The Morgan fingerprint density at radius 2 is 1.05 bits per heavy atom. The molecule has 1 aliphatic rings. The maximum absolute atomic E-state index is 12.7. The highest BCUT2D eigenvalue weighted by Crippen LogP contribution is 2.38. The highest BCUT2D eigenvalue weighted by atomic mass is 31.2. The van der Waals surface area contributed by atoms with Crippen molar-refractivity contribution < 1.29 is 46.8 Å². The van der Waals surface area contributed by atoms with Crippen molar-refractivity contribution in [3.8, 4) is 0 Å². The van der Waals surface area contributed by atoms with Crippen molar-refractivity contribution in [2.75, 3.05) is 47.5 Å². The summed E-state index contributed by atoms with van der Waals surface area (Å²) in [6.45, 7) is 4.15. The van der Waals surface area contributed by atoms with Crippen LogP contribution in [-0.2, 0) is 37.4 Å². The highest BCUT2D eigenvalue weighted by molar-refractivity contribution is 7.45. The lowest BCUT2D eigenvalue weighted by Crippen LogP contribution is -2.37. The van der Waals surface area contributed by atoms with Crippen LogP contribution in [0.4, 0.5) is 0 Å². The summed E-state index contributed by atoms with van der Waals surface area (Å²) < 4.78 is 39.7. The standard InChI is InChI=1S/C50H92NO9P/c1-6-8-10-12-14-15-16-17-18-19-20-21-22-23-24-25-28-33-37-41-50(53)59-46(45-58-61(54,55)57-43-42-51(3,4)5)44-56-49(52)40-36-32-29-26-27-31-35-39-48-47(60-48)38-34-30-13-11-9-7-2/h26,29-31,34-35,46-48H,6-25,27-28,32-33,36-45H2,1-5H3/b29-26-,34-30-,35-31-/t46-,47?,48?/m1/s1. The first-order valence-electron chi connectivity index (χ1n) is 24.8. The normalized spacial score (nSPS) is 17.1. The first-order valence-corrected chi connectivity index (χ1v) is 26.3. The molecule has 11 heteroatoms. The van der Waals surface area contributed by atoms with Gasteiger partial charge in [-0.3, -0.25) is 14.2 Å². The number of epoxide rings is 1. The predicted octanol–water partition coefficient (Wildman–Crippen LogP) is 12.8. The highest BCUT2D eigenvalue weighted by Gasteiger charge is 2.36. The smallest absolute Gasteiger partial charge is 0.306 e. The van der Waals surface area contributed by atoms with Gasteiger partial charge in [0.05, 0.1) is 40.0 Å². The molecule has 1 fully saturated rings. The van der Waals surface area contributed by atoms with Crippen LogP contribution in [0.5, 0.6) is 0 Å². The van der Waals surface area contributed by atoms with Crippen molar-refractivity contribution in [2.24, 2.45) is 0 Å². The van der Waals surface area contributed by atoms with Crippen molar-refractivity contribution >= 4 is 19.8 Å². The molecule has 0 aromatic carbocycles. The SMILES string of the molecule is CCCCC/C=C\CC1OC1C/C=C\C/C=C\CCCC(=O)OC[C@H](COP(=O)([O-])OCC[N+](C)(C)C)OC(=O)CCCCCCCCCCCCCCCCCCCCC. The van der Waals surface area contributed by atoms with Crippen LogP contribution in [0.3, 0.4) is 0 Å². The van der Waals surface area contributed by atoms with E-state index in [1.165, 1.54) is 116 Å². The topological polar surface area (TPSA) is 124 Å². The summed E-state index contributed by atoms with van der Waals surface area (Å²) >= 11 is 0. The predicted molar refractivity (Wildman–Crippen MR) is 249 cm³/mol. The van der Waals surface area contributed by atoms with Gasteiger partial charge in [-0.05, 0) is 51.4 Å². The minimum atomic E-state index is -4.64. The maximum Gasteiger partial charge on any atom is 0.306 e. The van der Waals surface area contributed by atoms with E-state index in [1.54, 1.807) is 0 Å². The van der Waals surface area contributed by atoms with Crippen molar-refractivity contribution in [1.82, 2.24) is 0 Å². The summed E-state index contributed by atoms with van der Waals surface area (Å²) in [5, 5.41) is 0. The number of phosphoric ester groups is 1. The van der Waals surface area contributed by atoms with Gasteiger partial charge in [-0.1, -0.05) is 179 Å². The second-order valence-corrected chi connectivity index (χ2v) is 19.6. The van der Waals surface area contributed by atoms with Gasteiger partial charge in [0.2, 0.25) is 0 Å². The lowest BCUT2D eigenvalue weighted by Gasteiger charge is -2.28. The van der Waals surface area contributed by atoms with Crippen molar-refractivity contribution in [3.63, 3.8) is 0 Å². The number of likely N-dealkylation sites (N-methyl/N-ethyl adjacent to an activating group) is 1. The molecule has 4 atom stereocenters. The van der Waals surface area contributed by atoms with Crippen molar-refractivity contribution in [3.05, 3.63) is 36.5 Å². The molecule has 1 aliphatic heterocycles. The van der Waals surface area contributed by atoms with Crippen LogP contribution < -0.4 is 4.89 Å². The maximum atomic E-state index is 12.7. The first-order chi connectivity index (χ1) is 29.5. The number of ether oxygens (including phenoxy) is 3. The van der Waals surface area contributed by atoms with Gasteiger partial charge in [-0.2, -0.15) is 0 Å². The molecule has 0 aliphatic carbocycles. The van der Waals surface area contributed by atoms with Crippen LogP contribution in [0.15, 0.2) is 36.5 Å². The molecule has 0 saturated carbocycles. The third-order valence-electron chi connectivity index (χ3n) is 11.1. The number of hydrogen-bond acceptors (Lipinski definition) is 9. The molecule has 0 bridgehead atoms. The average Bonchev–Trinajstić information content (AvgIpc) is 3.97. The molecule has 1 saturated heterocycles. The Morgan fingerprint density at radius 1 is 0.590 bits per heavy atom. The number of allylic oxidation sites excluding steroid dienone is 4. The zero-order chi connectivity index (χ0) is 44.7. The average molecular weight is 882 g/mol. The summed E-state index contributed by atoms with van der Waals surface area (Å²) in [7, 11) is 1.13. The van der Waals surface area contributed by atoms with Crippen LogP contribution in [0.2, 0.25) is 0 Å². The first kappa shape index (κ1) is 57.2. The second-order valence-electron chi connectivity index (χ2n) is 18.2. The third kappa shape index (κ3) is 39.5. The molecule has 0 amide bonds. The third-order valence-corrected chi connectivity index (χ3v) is 12.0. The van der Waals surface area contributed by atoms with Gasteiger partial charge in [0.25, 0.3) is 7.82 Å². The van der Waals surface area contributed by atoms with E-state index in [9.17, 15) is 19.0 Å². The molecular formula is C50H92NO9P. The monoisotopic (exact) mass is 882 g/mol. The fourth-order valence-electron chi connectivity index (χ4n) is 7.04. The Bertz CT molecular complexity index is 1200. The minimum Gasteiger partial charge on any atom is -0.756 e. The summed E-state index contributed by atoms with van der Waals surface area (Å²) in [6, 6.07) is 0. The molecule has 0 aromatic rings. The zero-order valence-corrected chi connectivity index (χ0v) is 40.7. The number of unbranched alkanes of at least 4 members (excludes halogenated alkanes) is 22. The van der Waals surface area contributed by atoms with E-state index in [-0.39, 0.29) is 26.1 Å². The van der Waals surface area contributed by atoms with Gasteiger partial charge in [0.1, 0.15) is 19.8 Å². The van der Waals surface area contributed by atoms with Crippen molar-refractivity contribution in [1.29, 1.82) is 0 Å². The molecule has 1 rings (SSSR count). The van der Waals surface area contributed by atoms with Crippen LogP contribution in [0, 0.1) is 0 Å². The summed E-state index contributed by atoms with van der Waals surface area (Å²) in [5.74, 6) is -0.898. The van der Waals surface area contributed by atoms with E-state index in [4.69, 9.17) is 23.3 Å². The Labute approximate surface area is 374 Å². The largest absolute Gasteiger partial charge is 0.756 e. The Morgan fingerprint density at radius 3 is 1.61 bits per heavy atom. The van der Waals surface area contributed by atoms with Crippen molar-refractivity contribution in [2.45, 2.75) is 225 Å². The molecule has 0 N–H and O–H groups in total. The number of phosphoric acid groups is 1.